The molecule has 0 saturated heterocycles. The lowest BCUT2D eigenvalue weighted by Crippen LogP contribution is -1.79. The zero-order valence-corrected chi connectivity index (χ0v) is 7.71. The van der Waals surface area contributed by atoms with Gasteiger partial charge in [0.25, 0.3) is 0 Å². The molecule has 2 aromatic rings. The molecule has 0 spiro atoms. The van der Waals surface area contributed by atoms with E-state index >= 15 is 0 Å². The molecule has 0 aliphatic rings. The van der Waals surface area contributed by atoms with Crippen LogP contribution in [0.5, 0.6) is 0 Å². The van der Waals surface area contributed by atoms with Crippen molar-refractivity contribution in [3.63, 3.8) is 0 Å². The highest BCUT2D eigenvalue weighted by Crippen LogP contribution is 2.16. The lowest BCUT2D eigenvalue weighted by molar-refractivity contribution is 1.03. The Morgan fingerprint density at radius 3 is 3.31 bits per heavy atom. The maximum atomic E-state index is 4.24. The maximum absolute atomic E-state index is 4.24. The Morgan fingerprint density at radius 1 is 1.62 bits per heavy atom. The molecule has 2 heterocycles. The molecule has 0 saturated carbocycles. The van der Waals surface area contributed by atoms with Gasteiger partial charge >= 0.3 is 0 Å². The van der Waals surface area contributed by atoms with Crippen LogP contribution in [0, 0.1) is 0 Å². The molecule has 0 amide bonds. The Balaban J connectivity index is 2.32. The van der Waals surface area contributed by atoms with Crippen LogP contribution in [0.3, 0.4) is 0 Å². The number of hydrogen-bond donors (Lipinski definition) is 1. The number of imidazole rings is 1. The first-order valence-corrected chi connectivity index (χ1v) is 4.80. The van der Waals surface area contributed by atoms with Crippen LogP contribution in [0.25, 0.3) is 11.2 Å². The molecular formula is C8H8N4S. The molecule has 5 heteroatoms. The van der Waals surface area contributed by atoms with E-state index in [9.17, 15) is 0 Å². The topological polar surface area (TPSA) is 54.5 Å². The van der Waals surface area contributed by atoms with Crippen LogP contribution < -0.4 is 0 Å². The van der Waals surface area contributed by atoms with Crippen LogP contribution >= 0.6 is 11.8 Å². The van der Waals surface area contributed by atoms with Gasteiger partial charge in [-0.25, -0.2) is 4.98 Å². The van der Waals surface area contributed by atoms with Crippen LogP contribution in [-0.2, 0) is 0 Å². The van der Waals surface area contributed by atoms with Crippen LogP contribution in [0.1, 0.15) is 0 Å². The second-order valence-electron chi connectivity index (χ2n) is 2.41. The Hall–Kier alpha value is -1.36. The van der Waals surface area contributed by atoms with E-state index in [0.717, 1.165) is 16.4 Å². The van der Waals surface area contributed by atoms with Gasteiger partial charge in [0.1, 0.15) is 0 Å². The minimum Gasteiger partial charge on any atom is -0.331 e. The van der Waals surface area contributed by atoms with Gasteiger partial charge in [-0.2, -0.15) is 5.10 Å². The summed E-state index contributed by atoms with van der Waals surface area (Å²) in [5, 5.41) is 8.48. The number of H-pyrrole nitrogens is 1. The third-order valence-electron chi connectivity index (χ3n) is 1.49. The van der Waals surface area contributed by atoms with E-state index in [2.05, 4.69) is 26.7 Å². The van der Waals surface area contributed by atoms with Crippen molar-refractivity contribution in [2.75, 3.05) is 5.75 Å². The van der Waals surface area contributed by atoms with Crippen molar-refractivity contribution in [1.82, 2.24) is 20.2 Å². The number of nitrogens with one attached hydrogen (secondary N) is 1. The van der Waals surface area contributed by atoms with Crippen molar-refractivity contribution >= 4 is 22.9 Å². The van der Waals surface area contributed by atoms with Gasteiger partial charge in [-0.15, -0.1) is 11.7 Å². The molecule has 0 aromatic carbocycles. The standard InChI is InChI=1S/C8H8N4S/c1-2-5-13-8-10-6-3-4-9-12-7(6)11-8/h2-4H,1,5H2,(H,10,11,12). The third-order valence-corrected chi connectivity index (χ3v) is 2.36. The summed E-state index contributed by atoms with van der Waals surface area (Å²) in [6.07, 6.45) is 3.48. The van der Waals surface area contributed by atoms with Crippen molar-refractivity contribution in [3.8, 4) is 0 Å². The van der Waals surface area contributed by atoms with E-state index in [0.29, 0.717) is 5.65 Å². The van der Waals surface area contributed by atoms with Crippen LogP contribution in [0.2, 0.25) is 0 Å². The van der Waals surface area contributed by atoms with Gasteiger partial charge in [0, 0.05) is 5.75 Å². The fourth-order valence-electron chi connectivity index (χ4n) is 0.950. The predicted octanol–water partition coefficient (Wildman–Crippen LogP) is 1.63. The first kappa shape index (κ1) is 8.25. The zero-order valence-electron chi connectivity index (χ0n) is 6.90. The smallest absolute Gasteiger partial charge is 0.200 e. The minimum absolute atomic E-state index is 0.661. The van der Waals surface area contributed by atoms with E-state index in [1.165, 1.54) is 0 Å². The average Bonchev–Trinajstić information content (AvgIpc) is 2.57. The molecule has 4 nitrogen and oxygen atoms in total. The van der Waals surface area contributed by atoms with Crippen LogP contribution in [0.15, 0.2) is 30.1 Å². The van der Waals surface area contributed by atoms with Crippen molar-refractivity contribution in [3.05, 3.63) is 24.9 Å². The number of thioether (sulfide) groups is 1. The number of rotatable bonds is 3. The molecule has 0 bridgehead atoms. The van der Waals surface area contributed by atoms with E-state index < -0.39 is 0 Å². The van der Waals surface area contributed by atoms with E-state index in [1.54, 1.807) is 18.0 Å². The van der Waals surface area contributed by atoms with Gasteiger partial charge in [0.2, 0.25) is 5.65 Å². The summed E-state index contributed by atoms with van der Waals surface area (Å²) in [6.45, 7) is 3.64. The van der Waals surface area contributed by atoms with Gasteiger partial charge in [-0.1, -0.05) is 17.8 Å². The van der Waals surface area contributed by atoms with Crippen molar-refractivity contribution in [2.24, 2.45) is 0 Å². The van der Waals surface area contributed by atoms with Crippen molar-refractivity contribution in [1.29, 1.82) is 0 Å². The summed E-state index contributed by atoms with van der Waals surface area (Å²) in [4.78, 5) is 7.37. The highest BCUT2D eigenvalue weighted by atomic mass is 32.2. The fraction of sp³-hybridized carbons (Fsp3) is 0.125. The highest BCUT2D eigenvalue weighted by molar-refractivity contribution is 7.99. The number of fused-ring (bicyclic) bond motifs is 1. The first-order chi connectivity index (χ1) is 6.40. The summed E-state index contributed by atoms with van der Waals surface area (Å²) in [6, 6.07) is 1.85. The van der Waals surface area contributed by atoms with E-state index in [1.807, 2.05) is 12.1 Å². The quantitative estimate of drug-likeness (QED) is 0.593. The number of hydrogen-bond acceptors (Lipinski definition) is 4. The Morgan fingerprint density at radius 2 is 2.54 bits per heavy atom. The normalized spacial score (nSPS) is 10.5. The van der Waals surface area contributed by atoms with Gasteiger partial charge in [-0.3, -0.25) is 0 Å². The third kappa shape index (κ3) is 1.70. The molecule has 0 aliphatic heterocycles. The monoisotopic (exact) mass is 192 g/mol. The lowest BCUT2D eigenvalue weighted by Gasteiger charge is -1.87. The summed E-state index contributed by atoms with van der Waals surface area (Å²) in [5.41, 5.74) is 1.58. The molecule has 0 atom stereocenters. The predicted molar refractivity (Wildman–Crippen MR) is 52.6 cm³/mol. The summed E-state index contributed by atoms with van der Waals surface area (Å²) < 4.78 is 0. The van der Waals surface area contributed by atoms with Crippen molar-refractivity contribution in [2.45, 2.75) is 5.16 Å². The number of aromatic amines is 1. The number of aromatic nitrogens is 4. The fourth-order valence-corrected chi connectivity index (χ4v) is 1.56. The molecule has 2 aromatic heterocycles. The van der Waals surface area contributed by atoms with Crippen molar-refractivity contribution < 1.29 is 0 Å². The molecule has 0 unspecified atom stereocenters. The average molecular weight is 192 g/mol. The first-order valence-electron chi connectivity index (χ1n) is 3.81. The molecule has 13 heavy (non-hydrogen) atoms. The van der Waals surface area contributed by atoms with Crippen LogP contribution in [0.4, 0.5) is 0 Å². The molecular weight excluding hydrogens is 184 g/mol. The number of nitrogens with zero attached hydrogens (tertiary/aromatic N) is 3. The SMILES string of the molecule is C=CCSc1nc2nnccc2[nH]1. The summed E-state index contributed by atoms with van der Waals surface area (Å²) in [7, 11) is 0. The van der Waals surface area contributed by atoms with Gasteiger partial charge in [0.05, 0.1) is 11.7 Å². The maximum Gasteiger partial charge on any atom is 0.200 e. The van der Waals surface area contributed by atoms with Gasteiger partial charge in [-0.05, 0) is 6.07 Å². The summed E-state index contributed by atoms with van der Waals surface area (Å²) >= 11 is 1.59. The highest BCUT2D eigenvalue weighted by Gasteiger charge is 2.02. The Labute approximate surface area is 79.5 Å². The van der Waals surface area contributed by atoms with Gasteiger partial charge in [0.15, 0.2) is 5.16 Å². The van der Waals surface area contributed by atoms with Crippen LogP contribution in [-0.4, -0.2) is 25.9 Å². The largest absolute Gasteiger partial charge is 0.331 e. The zero-order chi connectivity index (χ0) is 9.10. The molecule has 66 valence electrons. The lowest BCUT2D eigenvalue weighted by atomic mass is 10.5. The summed E-state index contributed by atoms with van der Waals surface area (Å²) in [5.74, 6) is 0.841. The second-order valence-corrected chi connectivity index (χ2v) is 3.42. The minimum atomic E-state index is 0.661. The van der Waals surface area contributed by atoms with E-state index in [-0.39, 0.29) is 0 Å². The molecule has 1 N–H and O–H groups in total. The Bertz CT molecular complexity index is 390. The Kier molecular flexibility index (Phi) is 2.27. The molecule has 2 rings (SSSR count). The molecule has 0 radical (unpaired) electrons. The molecule has 0 aliphatic carbocycles. The second kappa shape index (κ2) is 3.57. The van der Waals surface area contributed by atoms with E-state index in [4.69, 9.17) is 0 Å². The van der Waals surface area contributed by atoms with Gasteiger partial charge < -0.3 is 4.98 Å². The molecule has 0 fully saturated rings.